The number of nitrogens with one attached hydrogen (secondary N) is 1. The van der Waals surface area contributed by atoms with Crippen LogP contribution in [0.1, 0.15) is 30.9 Å². The number of hydrogen-bond acceptors (Lipinski definition) is 2. The predicted octanol–water partition coefficient (Wildman–Crippen LogP) is 1.84. The fourth-order valence-corrected chi connectivity index (χ4v) is 2.00. The molecule has 0 heterocycles. The lowest BCUT2D eigenvalue weighted by Gasteiger charge is -2.11. The Hall–Kier alpha value is -1.35. The zero-order chi connectivity index (χ0) is 12.3. The lowest BCUT2D eigenvalue weighted by molar-refractivity contribution is -0.125. The maximum atomic E-state index is 11.8. The zero-order valence-electron chi connectivity index (χ0n) is 10.1. The first-order chi connectivity index (χ1) is 8.20. The van der Waals surface area contributed by atoms with Gasteiger partial charge in [-0.2, -0.15) is 0 Å². The summed E-state index contributed by atoms with van der Waals surface area (Å²) < 4.78 is 0. The Morgan fingerprint density at radius 3 is 2.82 bits per heavy atom. The van der Waals surface area contributed by atoms with Gasteiger partial charge in [0.2, 0.25) is 5.91 Å². The molecular formula is C14H19NO2. The molecular weight excluding hydrogens is 214 g/mol. The molecule has 0 bridgehead atoms. The average Bonchev–Trinajstić information content (AvgIpc) is 3.19. The number of carbonyl (C=O) groups excluding carboxylic acids is 1. The molecule has 0 spiro atoms. The lowest BCUT2D eigenvalue weighted by atomic mass is 10.1. The number of aliphatic hydroxyl groups excluding tert-OH is 1. The Bertz CT molecular complexity index is 399. The smallest absolute Gasteiger partial charge is 0.223 e. The number of rotatable bonds is 5. The first kappa shape index (κ1) is 12.1. The van der Waals surface area contributed by atoms with Gasteiger partial charge in [-0.05, 0) is 29.9 Å². The van der Waals surface area contributed by atoms with Crippen LogP contribution in [0, 0.1) is 11.8 Å². The summed E-state index contributed by atoms with van der Waals surface area (Å²) in [5, 5.41) is 12.0. The normalized spacial score (nSPS) is 16.6. The van der Waals surface area contributed by atoms with Crippen LogP contribution >= 0.6 is 0 Å². The minimum Gasteiger partial charge on any atom is -0.392 e. The number of carbonyl (C=O) groups is 1. The van der Waals surface area contributed by atoms with Crippen LogP contribution in [0.3, 0.4) is 0 Å². The Morgan fingerprint density at radius 2 is 2.18 bits per heavy atom. The van der Waals surface area contributed by atoms with Gasteiger partial charge in [0.25, 0.3) is 0 Å². The molecule has 1 aliphatic rings. The summed E-state index contributed by atoms with van der Waals surface area (Å²) in [6.07, 6.45) is 2.38. The van der Waals surface area contributed by atoms with Crippen LogP contribution in [-0.4, -0.2) is 11.0 Å². The van der Waals surface area contributed by atoms with E-state index in [1.807, 2.05) is 31.2 Å². The Labute approximate surface area is 102 Å². The molecule has 2 N–H and O–H groups in total. The maximum Gasteiger partial charge on any atom is 0.223 e. The van der Waals surface area contributed by atoms with Crippen molar-refractivity contribution in [1.82, 2.24) is 5.32 Å². The quantitative estimate of drug-likeness (QED) is 0.815. The summed E-state index contributed by atoms with van der Waals surface area (Å²) in [5.74, 6) is 0.872. The van der Waals surface area contributed by atoms with Crippen molar-refractivity contribution in [3.63, 3.8) is 0 Å². The highest BCUT2D eigenvalue weighted by Crippen LogP contribution is 2.36. The Kier molecular flexibility index (Phi) is 3.79. The molecule has 0 aromatic heterocycles. The highest BCUT2D eigenvalue weighted by atomic mass is 16.3. The minimum atomic E-state index is 0.0419. The zero-order valence-corrected chi connectivity index (χ0v) is 10.1. The minimum absolute atomic E-state index is 0.0419. The predicted molar refractivity (Wildman–Crippen MR) is 66.1 cm³/mol. The molecule has 92 valence electrons. The van der Waals surface area contributed by atoms with E-state index in [9.17, 15) is 4.79 Å². The molecule has 3 heteroatoms. The molecule has 0 saturated heterocycles. The number of aliphatic hydroxyl groups is 1. The molecule has 17 heavy (non-hydrogen) atoms. The number of hydrogen-bond donors (Lipinski definition) is 2. The highest BCUT2D eigenvalue weighted by molar-refractivity contribution is 5.78. The van der Waals surface area contributed by atoms with Crippen LogP contribution in [0.2, 0.25) is 0 Å². The van der Waals surface area contributed by atoms with Crippen molar-refractivity contribution in [3.05, 3.63) is 35.4 Å². The van der Waals surface area contributed by atoms with E-state index in [1.54, 1.807) is 0 Å². The second-order valence-electron chi connectivity index (χ2n) is 4.82. The van der Waals surface area contributed by atoms with Gasteiger partial charge in [0, 0.05) is 12.5 Å². The molecule has 2 rings (SSSR count). The van der Waals surface area contributed by atoms with Gasteiger partial charge < -0.3 is 10.4 Å². The third kappa shape index (κ3) is 3.30. The first-order valence-corrected chi connectivity index (χ1v) is 6.17. The summed E-state index contributed by atoms with van der Waals surface area (Å²) >= 11 is 0. The van der Waals surface area contributed by atoms with E-state index < -0.39 is 0 Å². The van der Waals surface area contributed by atoms with Gasteiger partial charge in [0.05, 0.1) is 6.61 Å². The first-order valence-electron chi connectivity index (χ1n) is 6.17. The second kappa shape index (κ2) is 5.32. The Balaban J connectivity index is 1.85. The van der Waals surface area contributed by atoms with Gasteiger partial charge in [-0.25, -0.2) is 0 Å². The fourth-order valence-electron chi connectivity index (χ4n) is 2.00. The van der Waals surface area contributed by atoms with Gasteiger partial charge in [-0.15, -0.1) is 0 Å². The molecule has 1 saturated carbocycles. The maximum absolute atomic E-state index is 11.8. The van der Waals surface area contributed by atoms with E-state index in [1.165, 1.54) is 12.8 Å². The largest absolute Gasteiger partial charge is 0.392 e. The summed E-state index contributed by atoms with van der Waals surface area (Å²) in [4.78, 5) is 11.8. The van der Waals surface area contributed by atoms with Crippen molar-refractivity contribution in [2.75, 3.05) is 0 Å². The molecule has 0 aliphatic heterocycles. The van der Waals surface area contributed by atoms with E-state index >= 15 is 0 Å². The molecule has 1 unspecified atom stereocenters. The molecule has 1 atom stereocenters. The van der Waals surface area contributed by atoms with E-state index in [2.05, 4.69) is 5.32 Å². The monoisotopic (exact) mass is 233 g/mol. The molecule has 0 radical (unpaired) electrons. The van der Waals surface area contributed by atoms with Crippen molar-refractivity contribution in [3.8, 4) is 0 Å². The van der Waals surface area contributed by atoms with Crippen LogP contribution in [0.25, 0.3) is 0 Å². The average molecular weight is 233 g/mol. The molecule has 1 aromatic carbocycles. The lowest BCUT2D eigenvalue weighted by Crippen LogP contribution is -2.29. The third-order valence-corrected chi connectivity index (χ3v) is 3.38. The van der Waals surface area contributed by atoms with Crippen molar-refractivity contribution in [1.29, 1.82) is 0 Å². The number of benzene rings is 1. The highest BCUT2D eigenvalue weighted by Gasteiger charge is 2.32. The topological polar surface area (TPSA) is 49.3 Å². The van der Waals surface area contributed by atoms with Gasteiger partial charge in [-0.3, -0.25) is 4.79 Å². The summed E-state index contributed by atoms with van der Waals surface area (Å²) in [6, 6.07) is 7.65. The van der Waals surface area contributed by atoms with Crippen LogP contribution in [0.5, 0.6) is 0 Å². The SMILES string of the molecule is CC(C(=O)NCc1cccc(CO)c1)C1CC1. The van der Waals surface area contributed by atoms with Crippen LogP contribution in [-0.2, 0) is 17.9 Å². The van der Waals surface area contributed by atoms with E-state index in [0.717, 1.165) is 11.1 Å². The van der Waals surface area contributed by atoms with Crippen LogP contribution in [0.15, 0.2) is 24.3 Å². The van der Waals surface area contributed by atoms with E-state index in [-0.39, 0.29) is 18.4 Å². The summed E-state index contributed by atoms with van der Waals surface area (Å²) in [5.41, 5.74) is 1.92. The van der Waals surface area contributed by atoms with E-state index in [4.69, 9.17) is 5.11 Å². The van der Waals surface area contributed by atoms with Gasteiger partial charge in [-0.1, -0.05) is 31.2 Å². The molecule has 1 aromatic rings. The van der Waals surface area contributed by atoms with Gasteiger partial charge in [0.15, 0.2) is 0 Å². The number of amides is 1. The standard InChI is InChI=1S/C14H19NO2/c1-10(13-5-6-13)14(17)15-8-11-3-2-4-12(7-11)9-16/h2-4,7,10,13,16H,5-6,8-9H2,1H3,(H,15,17). The molecule has 3 nitrogen and oxygen atoms in total. The Morgan fingerprint density at radius 1 is 1.47 bits per heavy atom. The molecule has 1 fully saturated rings. The molecule has 1 aliphatic carbocycles. The summed E-state index contributed by atoms with van der Waals surface area (Å²) in [6.45, 7) is 2.58. The van der Waals surface area contributed by atoms with E-state index in [0.29, 0.717) is 12.5 Å². The van der Waals surface area contributed by atoms with Crippen molar-refractivity contribution >= 4 is 5.91 Å². The van der Waals surface area contributed by atoms with Gasteiger partial charge >= 0.3 is 0 Å². The summed E-state index contributed by atoms with van der Waals surface area (Å²) in [7, 11) is 0. The molecule has 1 amide bonds. The second-order valence-corrected chi connectivity index (χ2v) is 4.82. The fraction of sp³-hybridized carbons (Fsp3) is 0.500. The van der Waals surface area contributed by atoms with Crippen molar-refractivity contribution in [2.45, 2.75) is 32.9 Å². The van der Waals surface area contributed by atoms with Gasteiger partial charge in [0.1, 0.15) is 0 Å². The van der Waals surface area contributed by atoms with Crippen LogP contribution < -0.4 is 5.32 Å². The van der Waals surface area contributed by atoms with Crippen molar-refractivity contribution in [2.24, 2.45) is 11.8 Å². The third-order valence-electron chi connectivity index (χ3n) is 3.38. The van der Waals surface area contributed by atoms with Crippen LogP contribution in [0.4, 0.5) is 0 Å². The van der Waals surface area contributed by atoms with Crippen molar-refractivity contribution < 1.29 is 9.90 Å².